The Kier molecular flexibility index (Phi) is 5.00. The molecule has 2 rings (SSSR count). The minimum Gasteiger partial charge on any atom is -0.373 e. The number of aromatic nitrogens is 1. The van der Waals surface area contributed by atoms with E-state index in [2.05, 4.69) is 30.2 Å². The highest BCUT2D eigenvalue weighted by Gasteiger charge is 2.18. The van der Waals surface area contributed by atoms with Crippen molar-refractivity contribution in [1.82, 2.24) is 4.98 Å². The highest BCUT2D eigenvalue weighted by molar-refractivity contribution is 5.34. The van der Waals surface area contributed by atoms with Gasteiger partial charge in [-0.25, -0.2) is 4.98 Å². The molecule has 1 aliphatic rings. The van der Waals surface area contributed by atoms with Crippen LogP contribution in [-0.4, -0.2) is 17.6 Å². The number of rotatable bonds is 5. The molecule has 0 spiro atoms. The second kappa shape index (κ2) is 6.74. The standard InChI is InChI=1S/C15H24N2O/c1-3-16-15-9-6-13(10-17-15)11-18-14-7-4-12(2)5-8-14/h6,9-10,12,14H,3-5,7-8,11H2,1-2H3,(H,16,17). The van der Waals surface area contributed by atoms with E-state index in [9.17, 15) is 0 Å². The average Bonchev–Trinajstić information content (AvgIpc) is 2.40. The van der Waals surface area contributed by atoms with E-state index in [1.807, 2.05) is 12.3 Å². The molecule has 0 amide bonds. The van der Waals surface area contributed by atoms with Gasteiger partial charge < -0.3 is 10.1 Å². The first kappa shape index (κ1) is 13.3. The highest BCUT2D eigenvalue weighted by atomic mass is 16.5. The first-order valence-corrected chi connectivity index (χ1v) is 7.08. The van der Waals surface area contributed by atoms with Gasteiger partial charge in [0, 0.05) is 12.7 Å². The van der Waals surface area contributed by atoms with E-state index < -0.39 is 0 Å². The van der Waals surface area contributed by atoms with Gasteiger partial charge in [0.25, 0.3) is 0 Å². The van der Waals surface area contributed by atoms with Crippen LogP contribution in [0.5, 0.6) is 0 Å². The maximum atomic E-state index is 5.96. The number of ether oxygens (including phenoxy) is 1. The van der Waals surface area contributed by atoms with Crippen LogP contribution >= 0.6 is 0 Å². The molecule has 1 fully saturated rings. The summed E-state index contributed by atoms with van der Waals surface area (Å²) in [5.74, 6) is 1.82. The van der Waals surface area contributed by atoms with Gasteiger partial charge in [-0.2, -0.15) is 0 Å². The highest BCUT2D eigenvalue weighted by Crippen LogP contribution is 2.26. The Morgan fingerprint density at radius 3 is 2.67 bits per heavy atom. The van der Waals surface area contributed by atoms with Gasteiger partial charge in [0.15, 0.2) is 0 Å². The molecule has 3 heteroatoms. The summed E-state index contributed by atoms with van der Waals surface area (Å²) in [7, 11) is 0. The summed E-state index contributed by atoms with van der Waals surface area (Å²) in [6, 6.07) is 4.11. The molecule has 1 aliphatic carbocycles. The van der Waals surface area contributed by atoms with Gasteiger partial charge in [-0.15, -0.1) is 0 Å². The second-order valence-corrected chi connectivity index (χ2v) is 5.27. The lowest BCUT2D eigenvalue weighted by molar-refractivity contribution is 0.00867. The molecule has 100 valence electrons. The SMILES string of the molecule is CCNc1ccc(COC2CCC(C)CC2)cn1. The summed E-state index contributed by atoms with van der Waals surface area (Å²) in [5.41, 5.74) is 1.16. The molecule has 1 heterocycles. The van der Waals surface area contributed by atoms with Crippen molar-refractivity contribution >= 4 is 5.82 Å². The monoisotopic (exact) mass is 248 g/mol. The van der Waals surface area contributed by atoms with Gasteiger partial charge in [0.05, 0.1) is 12.7 Å². The van der Waals surface area contributed by atoms with Crippen LogP contribution in [0.1, 0.15) is 45.1 Å². The van der Waals surface area contributed by atoms with Gasteiger partial charge in [0.2, 0.25) is 0 Å². The lowest BCUT2D eigenvalue weighted by Gasteiger charge is -2.26. The molecule has 0 unspecified atom stereocenters. The molecule has 0 saturated heterocycles. The second-order valence-electron chi connectivity index (χ2n) is 5.27. The average molecular weight is 248 g/mol. The Hall–Kier alpha value is -1.09. The van der Waals surface area contributed by atoms with Gasteiger partial charge in [0.1, 0.15) is 5.82 Å². The van der Waals surface area contributed by atoms with Crippen molar-refractivity contribution in [3.8, 4) is 0 Å². The number of hydrogen-bond donors (Lipinski definition) is 1. The van der Waals surface area contributed by atoms with Crippen LogP contribution in [0, 0.1) is 5.92 Å². The molecule has 18 heavy (non-hydrogen) atoms. The van der Waals surface area contributed by atoms with Crippen LogP contribution in [0.25, 0.3) is 0 Å². The largest absolute Gasteiger partial charge is 0.373 e. The Labute approximate surface area is 110 Å². The Morgan fingerprint density at radius 2 is 2.06 bits per heavy atom. The minimum absolute atomic E-state index is 0.453. The minimum atomic E-state index is 0.453. The Balaban J connectivity index is 1.76. The molecule has 0 aromatic carbocycles. The van der Waals surface area contributed by atoms with Crippen LogP contribution < -0.4 is 5.32 Å². The summed E-state index contributed by atoms with van der Waals surface area (Å²) < 4.78 is 5.96. The maximum Gasteiger partial charge on any atom is 0.125 e. The van der Waals surface area contributed by atoms with Crippen molar-refractivity contribution in [3.63, 3.8) is 0 Å². The lowest BCUT2D eigenvalue weighted by Crippen LogP contribution is -2.20. The topological polar surface area (TPSA) is 34.1 Å². The van der Waals surface area contributed by atoms with Gasteiger partial charge in [-0.1, -0.05) is 13.0 Å². The molecule has 1 N–H and O–H groups in total. The van der Waals surface area contributed by atoms with Crippen molar-refractivity contribution in [2.24, 2.45) is 5.92 Å². The smallest absolute Gasteiger partial charge is 0.125 e. The number of nitrogens with one attached hydrogen (secondary N) is 1. The van der Waals surface area contributed by atoms with E-state index in [0.29, 0.717) is 12.7 Å². The zero-order valence-electron chi connectivity index (χ0n) is 11.5. The van der Waals surface area contributed by atoms with Crippen LogP contribution in [0.4, 0.5) is 5.82 Å². The number of hydrogen-bond acceptors (Lipinski definition) is 3. The molecule has 0 atom stereocenters. The van der Waals surface area contributed by atoms with E-state index in [-0.39, 0.29) is 0 Å². The van der Waals surface area contributed by atoms with Gasteiger partial charge in [-0.05, 0) is 50.2 Å². The predicted octanol–water partition coefficient (Wildman–Crippen LogP) is 3.61. The zero-order chi connectivity index (χ0) is 12.8. The summed E-state index contributed by atoms with van der Waals surface area (Å²) in [5, 5.41) is 3.19. The van der Waals surface area contributed by atoms with Crippen LogP contribution in [0.3, 0.4) is 0 Å². The number of nitrogens with zero attached hydrogens (tertiary/aromatic N) is 1. The predicted molar refractivity (Wildman–Crippen MR) is 74.6 cm³/mol. The number of pyridine rings is 1. The molecule has 0 aliphatic heterocycles. The molecule has 1 aromatic heterocycles. The number of anilines is 1. The molecule has 0 bridgehead atoms. The van der Waals surface area contributed by atoms with E-state index >= 15 is 0 Å². The zero-order valence-corrected chi connectivity index (χ0v) is 11.5. The third-order valence-electron chi connectivity index (χ3n) is 3.63. The molecular weight excluding hydrogens is 224 g/mol. The molecule has 0 radical (unpaired) electrons. The molecular formula is C15H24N2O. The third-order valence-corrected chi connectivity index (χ3v) is 3.63. The third kappa shape index (κ3) is 3.98. The summed E-state index contributed by atoms with van der Waals surface area (Å²) in [4.78, 5) is 4.35. The fraction of sp³-hybridized carbons (Fsp3) is 0.667. The van der Waals surface area contributed by atoms with Crippen molar-refractivity contribution < 1.29 is 4.74 Å². The van der Waals surface area contributed by atoms with Gasteiger partial charge in [-0.3, -0.25) is 0 Å². The fourth-order valence-electron chi connectivity index (χ4n) is 2.41. The molecule has 1 aromatic rings. The molecule has 1 saturated carbocycles. The van der Waals surface area contributed by atoms with E-state index in [0.717, 1.165) is 23.8 Å². The van der Waals surface area contributed by atoms with Crippen LogP contribution in [0.2, 0.25) is 0 Å². The van der Waals surface area contributed by atoms with Crippen molar-refractivity contribution in [2.75, 3.05) is 11.9 Å². The summed E-state index contributed by atoms with van der Waals surface area (Å²) >= 11 is 0. The van der Waals surface area contributed by atoms with Gasteiger partial charge >= 0.3 is 0 Å². The van der Waals surface area contributed by atoms with Crippen molar-refractivity contribution in [3.05, 3.63) is 23.9 Å². The van der Waals surface area contributed by atoms with E-state index in [1.165, 1.54) is 25.7 Å². The fourth-order valence-corrected chi connectivity index (χ4v) is 2.41. The lowest BCUT2D eigenvalue weighted by atomic mass is 9.89. The van der Waals surface area contributed by atoms with Crippen LogP contribution in [-0.2, 0) is 11.3 Å². The normalized spacial score (nSPS) is 23.9. The van der Waals surface area contributed by atoms with Crippen LogP contribution in [0.15, 0.2) is 18.3 Å². The summed E-state index contributed by atoms with van der Waals surface area (Å²) in [6.07, 6.45) is 7.40. The molecule has 3 nitrogen and oxygen atoms in total. The Bertz CT molecular complexity index is 342. The first-order valence-electron chi connectivity index (χ1n) is 7.08. The maximum absolute atomic E-state index is 5.96. The Morgan fingerprint density at radius 1 is 1.28 bits per heavy atom. The van der Waals surface area contributed by atoms with E-state index in [4.69, 9.17) is 4.74 Å². The first-order chi connectivity index (χ1) is 8.78. The van der Waals surface area contributed by atoms with E-state index in [1.54, 1.807) is 0 Å². The quantitative estimate of drug-likeness (QED) is 0.864. The summed E-state index contributed by atoms with van der Waals surface area (Å²) in [6.45, 7) is 6.00. The van der Waals surface area contributed by atoms with Crippen molar-refractivity contribution in [2.45, 2.75) is 52.2 Å². The van der Waals surface area contributed by atoms with Crippen molar-refractivity contribution in [1.29, 1.82) is 0 Å².